The summed E-state index contributed by atoms with van der Waals surface area (Å²) in [7, 11) is 0. The molecule has 0 radical (unpaired) electrons. The third-order valence-corrected chi connectivity index (χ3v) is 3.47. The third kappa shape index (κ3) is 1.03. The predicted octanol–water partition coefficient (Wildman–Crippen LogP) is 1.26. The summed E-state index contributed by atoms with van der Waals surface area (Å²) in [5.74, 6) is 2.06. The van der Waals surface area contributed by atoms with E-state index in [1.165, 1.54) is 19.3 Å². The van der Waals surface area contributed by atoms with Gasteiger partial charge in [-0.15, -0.1) is 10.2 Å². The Hall–Kier alpha value is -0.900. The van der Waals surface area contributed by atoms with E-state index in [4.69, 9.17) is 5.73 Å². The standard InChI is InChI=1S/C10H16N4/c1-7-12-13-9(10(11)5-2-6-10)14(7)8-3-4-8/h8H,2-6,11H2,1H3. The van der Waals surface area contributed by atoms with Gasteiger partial charge in [0.05, 0.1) is 5.54 Å². The van der Waals surface area contributed by atoms with Crippen LogP contribution in [-0.4, -0.2) is 14.8 Å². The lowest BCUT2D eigenvalue weighted by molar-refractivity contribution is 0.229. The first-order valence-electron chi connectivity index (χ1n) is 5.41. The van der Waals surface area contributed by atoms with E-state index in [1.54, 1.807) is 0 Å². The van der Waals surface area contributed by atoms with E-state index < -0.39 is 0 Å². The van der Waals surface area contributed by atoms with Gasteiger partial charge in [-0.1, -0.05) is 0 Å². The first kappa shape index (κ1) is 8.41. The Kier molecular flexibility index (Phi) is 1.54. The SMILES string of the molecule is Cc1nnc(C2(N)CCC2)n1C1CC1. The maximum atomic E-state index is 6.28. The Morgan fingerprint density at radius 1 is 1.36 bits per heavy atom. The normalized spacial score (nSPS) is 24.7. The fourth-order valence-corrected chi connectivity index (χ4v) is 2.26. The van der Waals surface area contributed by atoms with Gasteiger partial charge in [0.25, 0.3) is 0 Å². The van der Waals surface area contributed by atoms with Gasteiger partial charge in [0, 0.05) is 6.04 Å². The van der Waals surface area contributed by atoms with Gasteiger partial charge in [0.15, 0.2) is 5.82 Å². The minimum atomic E-state index is -0.163. The molecule has 2 N–H and O–H groups in total. The van der Waals surface area contributed by atoms with Gasteiger partial charge in [-0.25, -0.2) is 0 Å². The maximum Gasteiger partial charge on any atom is 0.153 e. The molecule has 1 aromatic rings. The molecule has 3 rings (SSSR count). The van der Waals surface area contributed by atoms with Crippen molar-refractivity contribution >= 4 is 0 Å². The summed E-state index contributed by atoms with van der Waals surface area (Å²) >= 11 is 0. The van der Waals surface area contributed by atoms with Crippen LogP contribution < -0.4 is 5.73 Å². The molecule has 0 atom stereocenters. The molecule has 0 bridgehead atoms. The molecular weight excluding hydrogens is 176 g/mol. The van der Waals surface area contributed by atoms with E-state index >= 15 is 0 Å². The Balaban J connectivity index is 2.03. The Morgan fingerprint density at radius 2 is 2.07 bits per heavy atom. The number of nitrogens with zero attached hydrogens (tertiary/aromatic N) is 3. The topological polar surface area (TPSA) is 56.7 Å². The van der Waals surface area contributed by atoms with Crippen LogP contribution in [0.25, 0.3) is 0 Å². The summed E-state index contributed by atoms with van der Waals surface area (Å²) in [6.07, 6.45) is 5.90. The van der Waals surface area contributed by atoms with Crippen LogP contribution in [0.2, 0.25) is 0 Å². The van der Waals surface area contributed by atoms with Crippen LogP contribution in [0.15, 0.2) is 0 Å². The molecule has 0 saturated heterocycles. The summed E-state index contributed by atoms with van der Waals surface area (Å²) in [6.45, 7) is 2.02. The van der Waals surface area contributed by atoms with Crippen molar-refractivity contribution in [3.63, 3.8) is 0 Å². The molecule has 4 heteroatoms. The Bertz CT molecular complexity index is 360. The van der Waals surface area contributed by atoms with Gasteiger partial charge in [0.2, 0.25) is 0 Å². The fraction of sp³-hybridized carbons (Fsp3) is 0.800. The quantitative estimate of drug-likeness (QED) is 0.767. The summed E-state index contributed by atoms with van der Waals surface area (Å²) in [5, 5.41) is 8.42. The summed E-state index contributed by atoms with van der Waals surface area (Å²) in [5.41, 5.74) is 6.12. The van der Waals surface area contributed by atoms with Gasteiger partial charge in [0.1, 0.15) is 5.82 Å². The van der Waals surface area contributed by atoms with E-state index in [2.05, 4.69) is 14.8 Å². The molecule has 1 heterocycles. The number of aromatic nitrogens is 3. The monoisotopic (exact) mass is 192 g/mol. The van der Waals surface area contributed by atoms with E-state index in [-0.39, 0.29) is 5.54 Å². The lowest BCUT2D eigenvalue weighted by Crippen LogP contribution is -2.45. The van der Waals surface area contributed by atoms with Crippen molar-refractivity contribution in [1.29, 1.82) is 0 Å². The van der Waals surface area contributed by atoms with Gasteiger partial charge >= 0.3 is 0 Å². The highest BCUT2D eigenvalue weighted by Gasteiger charge is 2.42. The van der Waals surface area contributed by atoms with Crippen LogP contribution in [-0.2, 0) is 5.54 Å². The molecule has 0 spiro atoms. The molecule has 2 aliphatic rings. The molecule has 2 fully saturated rings. The third-order valence-electron chi connectivity index (χ3n) is 3.47. The van der Waals surface area contributed by atoms with E-state index in [0.717, 1.165) is 24.5 Å². The maximum absolute atomic E-state index is 6.28. The molecule has 0 amide bonds. The van der Waals surface area contributed by atoms with Crippen LogP contribution in [0.3, 0.4) is 0 Å². The molecule has 1 aromatic heterocycles. The summed E-state index contributed by atoms with van der Waals surface area (Å²) < 4.78 is 2.26. The van der Waals surface area contributed by atoms with Crippen molar-refractivity contribution in [1.82, 2.24) is 14.8 Å². The smallest absolute Gasteiger partial charge is 0.153 e. The zero-order valence-corrected chi connectivity index (χ0v) is 8.53. The van der Waals surface area contributed by atoms with Crippen LogP contribution in [0.5, 0.6) is 0 Å². The molecule has 2 aliphatic carbocycles. The summed E-state index contributed by atoms with van der Waals surface area (Å²) in [4.78, 5) is 0. The predicted molar refractivity (Wildman–Crippen MR) is 52.7 cm³/mol. The zero-order chi connectivity index (χ0) is 9.76. The van der Waals surface area contributed by atoms with Crippen molar-refractivity contribution < 1.29 is 0 Å². The lowest BCUT2D eigenvalue weighted by atomic mass is 9.77. The molecule has 4 nitrogen and oxygen atoms in total. The van der Waals surface area contributed by atoms with E-state index in [9.17, 15) is 0 Å². The second-order valence-corrected chi connectivity index (χ2v) is 4.68. The van der Waals surface area contributed by atoms with Gasteiger partial charge in [-0.3, -0.25) is 0 Å². The van der Waals surface area contributed by atoms with Gasteiger partial charge in [-0.2, -0.15) is 0 Å². The molecule has 0 unspecified atom stereocenters. The largest absolute Gasteiger partial charge is 0.319 e. The minimum absolute atomic E-state index is 0.163. The van der Waals surface area contributed by atoms with Gasteiger partial charge < -0.3 is 10.3 Å². The highest BCUT2D eigenvalue weighted by atomic mass is 15.3. The molecule has 76 valence electrons. The number of aryl methyl sites for hydroxylation is 1. The molecule has 14 heavy (non-hydrogen) atoms. The van der Waals surface area contributed by atoms with Crippen LogP contribution in [0, 0.1) is 6.92 Å². The Morgan fingerprint density at radius 3 is 2.57 bits per heavy atom. The van der Waals surface area contributed by atoms with Crippen molar-refractivity contribution in [2.75, 3.05) is 0 Å². The first-order valence-corrected chi connectivity index (χ1v) is 5.41. The fourth-order valence-electron chi connectivity index (χ4n) is 2.26. The average Bonchev–Trinajstić information content (AvgIpc) is 2.86. The number of hydrogen-bond donors (Lipinski definition) is 1. The van der Waals surface area contributed by atoms with Crippen molar-refractivity contribution in [3.8, 4) is 0 Å². The number of nitrogens with two attached hydrogens (primary N) is 1. The van der Waals surface area contributed by atoms with Crippen LogP contribution in [0.1, 0.15) is 49.8 Å². The van der Waals surface area contributed by atoms with Crippen LogP contribution in [0.4, 0.5) is 0 Å². The van der Waals surface area contributed by atoms with Crippen molar-refractivity contribution in [3.05, 3.63) is 11.6 Å². The molecule has 0 aromatic carbocycles. The highest BCUT2D eigenvalue weighted by molar-refractivity contribution is 5.14. The Labute approximate surface area is 83.5 Å². The zero-order valence-electron chi connectivity index (χ0n) is 8.53. The molecule has 0 aliphatic heterocycles. The second-order valence-electron chi connectivity index (χ2n) is 4.68. The average molecular weight is 192 g/mol. The molecular formula is C10H16N4. The number of rotatable bonds is 2. The van der Waals surface area contributed by atoms with Crippen LogP contribution >= 0.6 is 0 Å². The van der Waals surface area contributed by atoms with Crippen molar-refractivity contribution in [2.45, 2.75) is 50.6 Å². The van der Waals surface area contributed by atoms with Gasteiger partial charge in [-0.05, 0) is 39.0 Å². The minimum Gasteiger partial charge on any atom is -0.319 e. The molecule has 2 saturated carbocycles. The van der Waals surface area contributed by atoms with Crippen molar-refractivity contribution in [2.24, 2.45) is 5.73 Å². The second kappa shape index (κ2) is 2.57. The first-order chi connectivity index (χ1) is 6.71. The lowest BCUT2D eigenvalue weighted by Gasteiger charge is -2.37. The summed E-state index contributed by atoms with van der Waals surface area (Å²) in [6, 6.07) is 0.640. The van der Waals surface area contributed by atoms with E-state index in [0.29, 0.717) is 6.04 Å². The highest BCUT2D eigenvalue weighted by Crippen LogP contribution is 2.43. The van der Waals surface area contributed by atoms with E-state index in [1.807, 2.05) is 6.92 Å². The number of hydrogen-bond acceptors (Lipinski definition) is 3.